The molecule has 1 saturated heterocycles. The van der Waals surface area contributed by atoms with Crippen LogP contribution in [0.1, 0.15) is 19.2 Å². The SMILES string of the molecule is CC1CCN(Cc2ncc[nH]2)C1. The second-order valence-electron chi connectivity index (χ2n) is 3.66. The highest BCUT2D eigenvalue weighted by atomic mass is 15.2. The predicted octanol–water partition coefficient (Wildman–Crippen LogP) is 1.25. The van der Waals surface area contributed by atoms with Crippen molar-refractivity contribution in [3.05, 3.63) is 18.2 Å². The van der Waals surface area contributed by atoms with Crippen molar-refractivity contribution in [2.45, 2.75) is 19.9 Å². The Morgan fingerprint density at radius 1 is 1.75 bits per heavy atom. The molecule has 1 aliphatic rings. The molecule has 2 rings (SSSR count). The van der Waals surface area contributed by atoms with E-state index in [2.05, 4.69) is 21.8 Å². The van der Waals surface area contributed by atoms with Crippen molar-refractivity contribution in [2.24, 2.45) is 5.92 Å². The summed E-state index contributed by atoms with van der Waals surface area (Å²) < 4.78 is 0. The van der Waals surface area contributed by atoms with Gasteiger partial charge in [-0.2, -0.15) is 0 Å². The van der Waals surface area contributed by atoms with E-state index in [9.17, 15) is 0 Å². The number of H-pyrrole nitrogens is 1. The summed E-state index contributed by atoms with van der Waals surface area (Å²) in [5, 5.41) is 0. The van der Waals surface area contributed by atoms with Crippen LogP contribution in [0.15, 0.2) is 12.4 Å². The highest BCUT2D eigenvalue weighted by Gasteiger charge is 2.18. The van der Waals surface area contributed by atoms with Crippen molar-refractivity contribution < 1.29 is 0 Å². The first-order valence-electron chi connectivity index (χ1n) is 4.55. The van der Waals surface area contributed by atoms with Crippen molar-refractivity contribution in [3.8, 4) is 0 Å². The molecule has 0 saturated carbocycles. The Morgan fingerprint density at radius 2 is 2.67 bits per heavy atom. The lowest BCUT2D eigenvalue weighted by atomic mass is 10.2. The molecule has 3 heteroatoms. The molecule has 66 valence electrons. The van der Waals surface area contributed by atoms with Crippen molar-refractivity contribution in [3.63, 3.8) is 0 Å². The molecule has 1 N–H and O–H groups in total. The Morgan fingerprint density at radius 3 is 3.25 bits per heavy atom. The molecule has 1 fully saturated rings. The minimum absolute atomic E-state index is 0.861. The maximum absolute atomic E-state index is 4.21. The van der Waals surface area contributed by atoms with Crippen molar-refractivity contribution in [1.29, 1.82) is 0 Å². The molecule has 12 heavy (non-hydrogen) atoms. The Hall–Kier alpha value is -0.830. The van der Waals surface area contributed by atoms with E-state index in [4.69, 9.17) is 0 Å². The average molecular weight is 165 g/mol. The van der Waals surface area contributed by atoms with Gasteiger partial charge in [0.1, 0.15) is 5.82 Å². The van der Waals surface area contributed by atoms with Crippen molar-refractivity contribution in [1.82, 2.24) is 14.9 Å². The summed E-state index contributed by atoms with van der Waals surface area (Å²) in [5.41, 5.74) is 0. The smallest absolute Gasteiger partial charge is 0.120 e. The summed E-state index contributed by atoms with van der Waals surface area (Å²) in [6, 6.07) is 0. The maximum atomic E-state index is 4.21. The second kappa shape index (κ2) is 3.27. The molecule has 1 unspecified atom stereocenters. The van der Waals surface area contributed by atoms with Gasteiger partial charge in [-0.1, -0.05) is 6.92 Å². The number of nitrogens with zero attached hydrogens (tertiary/aromatic N) is 2. The van der Waals surface area contributed by atoms with E-state index in [1.807, 2.05) is 12.4 Å². The number of hydrogen-bond acceptors (Lipinski definition) is 2. The minimum Gasteiger partial charge on any atom is -0.348 e. The van der Waals surface area contributed by atoms with Crippen LogP contribution in [-0.4, -0.2) is 28.0 Å². The largest absolute Gasteiger partial charge is 0.348 e. The molecule has 3 nitrogen and oxygen atoms in total. The molecule has 0 aliphatic carbocycles. The summed E-state index contributed by atoms with van der Waals surface area (Å²) in [6.07, 6.45) is 5.03. The van der Waals surface area contributed by atoms with Gasteiger partial charge in [-0.05, 0) is 18.9 Å². The monoisotopic (exact) mass is 165 g/mol. The first-order chi connectivity index (χ1) is 5.84. The lowest BCUT2D eigenvalue weighted by Crippen LogP contribution is -2.20. The molecule has 0 bridgehead atoms. The van der Waals surface area contributed by atoms with Crippen LogP contribution in [0, 0.1) is 5.92 Å². The van der Waals surface area contributed by atoms with E-state index < -0.39 is 0 Å². The van der Waals surface area contributed by atoms with Crippen LogP contribution in [0.3, 0.4) is 0 Å². The first kappa shape index (κ1) is 7.80. The molecular formula is C9H15N3. The fourth-order valence-corrected chi connectivity index (χ4v) is 1.77. The van der Waals surface area contributed by atoms with Gasteiger partial charge in [0.25, 0.3) is 0 Å². The number of nitrogens with one attached hydrogen (secondary N) is 1. The fourth-order valence-electron chi connectivity index (χ4n) is 1.77. The van der Waals surface area contributed by atoms with Crippen molar-refractivity contribution >= 4 is 0 Å². The van der Waals surface area contributed by atoms with E-state index >= 15 is 0 Å². The number of aromatic nitrogens is 2. The Labute approximate surface area is 72.8 Å². The summed E-state index contributed by atoms with van der Waals surface area (Å²) in [5.74, 6) is 1.95. The van der Waals surface area contributed by atoms with Gasteiger partial charge >= 0.3 is 0 Å². The van der Waals surface area contributed by atoms with E-state index in [1.54, 1.807) is 0 Å². The lowest BCUT2D eigenvalue weighted by molar-refractivity contribution is 0.313. The third-order valence-corrected chi connectivity index (χ3v) is 2.44. The zero-order chi connectivity index (χ0) is 8.39. The second-order valence-corrected chi connectivity index (χ2v) is 3.66. The molecule has 2 heterocycles. The standard InChI is InChI=1S/C9H15N3/c1-8-2-5-12(6-8)7-9-10-3-4-11-9/h3-4,8H,2,5-7H2,1H3,(H,10,11). The van der Waals surface area contributed by atoms with Gasteiger partial charge in [0.05, 0.1) is 6.54 Å². The highest BCUT2D eigenvalue weighted by Crippen LogP contribution is 2.16. The third kappa shape index (κ3) is 1.67. The molecule has 0 aromatic carbocycles. The Balaban J connectivity index is 1.88. The highest BCUT2D eigenvalue weighted by molar-refractivity contribution is 4.88. The summed E-state index contributed by atoms with van der Waals surface area (Å²) in [4.78, 5) is 9.78. The van der Waals surface area contributed by atoms with Gasteiger partial charge in [0, 0.05) is 18.9 Å². The summed E-state index contributed by atoms with van der Waals surface area (Å²) >= 11 is 0. The fraction of sp³-hybridized carbons (Fsp3) is 0.667. The quantitative estimate of drug-likeness (QED) is 0.715. The van der Waals surface area contributed by atoms with Crippen LogP contribution >= 0.6 is 0 Å². The number of imidazole rings is 1. The molecular weight excluding hydrogens is 150 g/mol. The van der Waals surface area contributed by atoms with E-state index in [1.165, 1.54) is 19.5 Å². The zero-order valence-corrected chi connectivity index (χ0v) is 7.45. The van der Waals surface area contributed by atoms with Crippen LogP contribution in [0.25, 0.3) is 0 Å². The average Bonchev–Trinajstić information content (AvgIpc) is 2.63. The normalized spacial score (nSPS) is 24.9. The lowest BCUT2D eigenvalue weighted by Gasteiger charge is -2.12. The van der Waals surface area contributed by atoms with Crippen molar-refractivity contribution in [2.75, 3.05) is 13.1 Å². The number of aromatic amines is 1. The zero-order valence-electron chi connectivity index (χ0n) is 7.45. The van der Waals surface area contributed by atoms with Crippen LogP contribution in [0.4, 0.5) is 0 Å². The molecule has 1 aliphatic heterocycles. The van der Waals surface area contributed by atoms with Gasteiger partial charge in [-0.15, -0.1) is 0 Å². The number of rotatable bonds is 2. The van der Waals surface area contributed by atoms with E-state index in [-0.39, 0.29) is 0 Å². The van der Waals surface area contributed by atoms with Gasteiger partial charge in [0.15, 0.2) is 0 Å². The third-order valence-electron chi connectivity index (χ3n) is 2.44. The molecule has 0 amide bonds. The van der Waals surface area contributed by atoms with Crippen LogP contribution in [0.5, 0.6) is 0 Å². The predicted molar refractivity (Wildman–Crippen MR) is 47.6 cm³/mol. The van der Waals surface area contributed by atoms with E-state index in [0.29, 0.717) is 0 Å². The molecule has 1 atom stereocenters. The summed E-state index contributed by atoms with van der Waals surface area (Å²) in [6.45, 7) is 5.74. The Bertz CT molecular complexity index is 230. The van der Waals surface area contributed by atoms with Gasteiger partial charge in [-0.25, -0.2) is 4.98 Å². The molecule has 1 aromatic rings. The molecule has 0 radical (unpaired) electrons. The van der Waals surface area contributed by atoms with Crippen LogP contribution < -0.4 is 0 Å². The van der Waals surface area contributed by atoms with Crippen LogP contribution in [0.2, 0.25) is 0 Å². The van der Waals surface area contributed by atoms with Gasteiger partial charge in [-0.3, -0.25) is 4.90 Å². The maximum Gasteiger partial charge on any atom is 0.120 e. The molecule has 1 aromatic heterocycles. The molecule has 0 spiro atoms. The Kier molecular flexibility index (Phi) is 2.13. The minimum atomic E-state index is 0.861. The van der Waals surface area contributed by atoms with Gasteiger partial charge in [0.2, 0.25) is 0 Å². The first-order valence-corrected chi connectivity index (χ1v) is 4.55. The van der Waals surface area contributed by atoms with Gasteiger partial charge < -0.3 is 4.98 Å². The topological polar surface area (TPSA) is 31.9 Å². The van der Waals surface area contributed by atoms with E-state index in [0.717, 1.165) is 18.3 Å². The number of hydrogen-bond donors (Lipinski definition) is 1. The summed E-state index contributed by atoms with van der Waals surface area (Å²) in [7, 11) is 0. The van der Waals surface area contributed by atoms with Crippen LogP contribution in [-0.2, 0) is 6.54 Å². The number of likely N-dealkylation sites (tertiary alicyclic amines) is 1.